The van der Waals surface area contributed by atoms with Gasteiger partial charge in [-0.1, -0.05) is 11.6 Å². The van der Waals surface area contributed by atoms with E-state index in [0.717, 1.165) is 21.3 Å². The van der Waals surface area contributed by atoms with E-state index in [1.165, 1.54) is 37.1 Å². The van der Waals surface area contributed by atoms with Gasteiger partial charge >= 0.3 is 0 Å². The number of nitrogens with one attached hydrogen (secondary N) is 1. The lowest BCUT2D eigenvalue weighted by atomic mass is 10.2. The Morgan fingerprint density at radius 3 is 2.87 bits per heavy atom. The maximum Gasteiger partial charge on any atom is 0.0887 e. The predicted molar refractivity (Wildman–Crippen MR) is 71.0 cm³/mol. The molecule has 0 atom stereocenters. The maximum absolute atomic E-state index is 5.97. The Hall–Kier alpha value is 0.430. The van der Waals surface area contributed by atoms with Crippen LogP contribution in [-0.4, -0.2) is 12.6 Å². The van der Waals surface area contributed by atoms with Crippen molar-refractivity contribution in [3.63, 3.8) is 0 Å². The van der Waals surface area contributed by atoms with Crippen LogP contribution >= 0.6 is 38.9 Å². The van der Waals surface area contributed by atoms with Gasteiger partial charge in [-0.15, -0.1) is 11.3 Å². The third-order valence-corrected chi connectivity index (χ3v) is 5.09. The van der Waals surface area contributed by atoms with E-state index in [-0.39, 0.29) is 0 Å². The SMILES string of the molecule is Clc1cc(CCCCNC2CC2)sc1Br. The topological polar surface area (TPSA) is 12.0 Å². The van der Waals surface area contributed by atoms with Crippen molar-refractivity contribution in [2.24, 2.45) is 0 Å². The van der Waals surface area contributed by atoms with Crippen molar-refractivity contribution >= 4 is 38.9 Å². The summed E-state index contributed by atoms with van der Waals surface area (Å²) in [7, 11) is 0. The van der Waals surface area contributed by atoms with Gasteiger partial charge in [0.15, 0.2) is 0 Å². The van der Waals surface area contributed by atoms with Crippen molar-refractivity contribution in [2.45, 2.75) is 38.1 Å². The highest BCUT2D eigenvalue weighted by atomic mass is 79.9. The molecule has 0 spiro atoms. The van der Waals surface area contributed by atoms with Crippen LogP contribution in [0.25, 0.3) is 0 Å². The van der Waals surface area contributed by atoms with Crippen LogP contribution in [0.5, 0.6) is 0 Å². The molecule has 1 aromatic rings. The Balaban J connectivity index is 1.60. The largest absolute Gasteiger partial charge is 0.314 e. The summed E-state index contributed by atoms with van der Waals surface area (Å²) in [6, 6.07) is 2.92. The summed E-state index contributed by atoms with van der Waals surface area (Å²) < 4.78 is 1.07. The molecular weight excluding hydrogens is 294 g/mol. The Kier molecular flexibility index (Phi) is 4.50. The first kappa shape index (κ1) is 11.9. The van der Waals surface area contributed by atoms with E-state index in [1.54, 1.807) is 11.3 Å². The number of hydrogen-bond donors (Lipinski definition) is 1. The van der Waals surface area contributed by atoms with Crippen molar-refractivity contribution < 1.29 is 0 Å². The lowest BCUT2D eigenvalue weighted by Crippen LogP contribution is -2.17. The van der Waals surface area contributed by atoms with Crippen molar-refractivity contribution in [3.05, 3.63) is 19.8 Å². The molecule has 2 rings (SSSR count). The Morgan fingerprint density at radius 1 is 1.47 bits per heavy atom. The van der Waals surface area contributed by atoms with Gasteiger partial charge < -0.3 is 5.32 Å². The summed E-state index contributed by atoms with van der Waals surface area (Å²) in [4.78, 5) is 1.39. The summed E-state index contributed by atoms with van der Waals surface area (Å²) in [6.07, 6.45) is 6.44. The second kappa shape index (κ2) is 5.67. The summed E-state index contributed by atoms with van der Waals surface area (Å²) in [6.45, 7) is 1.17. The number of halogens is 2. The van der Waals surface area contributed by atoms with Gasteiger partial charge in [-0.3, -0.25) is 0 Å². The molecule has 1 saturated carbocycles. The molecule has 1 aliphatic rings. The molecule has 1 N–H and O–H groups in total. The van der Waals surface area contributed by atoms with Crippen LogP contribution < -0.4 is 5.32 Å². The second-order valence-corrected chi connectivity index (χ2v) is 6.88. The number of aryl methyl sites for hydroxylation is 1. The zero-order valence-electron chi connectivity index (χ0n) is 8.56. The molecule has 1 aliphatic carbocycles. The first-order valence-corrected chi connectivity index (χ1v) is 7.41. The van der Waals surface area contributed by atoms with Gasteiger partial charge in [-0.25, -0.2) is 0 Å². The van der Waals surface area contributed by atoms with E-state index in [2.05, 4.69) is 27.3 Å². The zero-order chi connectivity index (χ0) is 10.7. The molecule has 0 saturated heterocycles. The molecule has 1 nitrogen and oxygen atoms in total. The predicted octanol–water partition coefficient (Wildman–Crippen LogP) is 4.24. The fourth-order valence-corrected chi connectivity index (χ4v) is 3.39. The normalized spacial score (nSPS) is 15.9. The molecule has 0 aromatic carbocycles. The summed E-state index contributed by atoms with van der Waals surface area (Å²) in [5, 5.41) is 4.38. The Bertz CT molecular complexity index is 303. The van der Waals surface area contributed by atoms with Crippen molar-refractivity contribution in [1.82, 2.24) is 5.32 Å². The quantitative estimate of drug-likeness (QED) is 0.775. The van der Waals surface area contributed by atoms with Gasteiger partial charge in [0.05, 0.1) is 8.81 Å². The molecule has 0 radical (unpaired) electrons. The zero-order valence-corrected chi connectivity index (χ0v) is 11.7. The molecule has 15 heavy (non-hydrogen) atoms. The monoisotopic (exact) mass is 307 g/mol. The van der Waals surface area contributed by atoms with Crippen LogP contribution in [0.3, 0.4) is 0 Å². The molecule has 4 heteroatoms. The van der Waals surface area contributed by atoms with E-state index in [9.17, 15) is 0 Å². The average molecular weight is 309 g/mol. The number of hydrogen-bond acceptors (Lipinski definition) is 2. The van der Waals surface area contributed by atoms with Crippen molar-refractivity contribution in [2.75, 3.05) is 6.54 Å². The lowest BCUT2D eigenvalue weighted by molar-refractivity contribution is 0.621. The van der Waals surface area contributed by atoms with E-state index < -0.39 is 0 Å². The summed E-state index contributed by atoms with van der Waals surface area (Å²) in [5.74, 6) is 0. The van der Waals surface area contributed by atoms with Gasteiger partial charge in [-0.05, 0) is 60.6 Å². The smallest absolute Gasteiger partial charge is 0.0887 e. The van der Waals surface area contributed by atoms with Crippen LogP contribution in [0.4, 0.5) is 0 Å². The third-order valence-electron chi connectivity index (χ3n) is 2.56. The summed E-state index contributed by atoms with van der Waals surface area (Å²) >= 11 is 11.2. The minimum atomic E-state index is 0.843. The van der Waals surface area contributed by atoms with E-state index in [0.29, 0.717) is 0 Å². The third kappa shape index (κ3) is 4.06. The standard InChI is InChI=1S/C11H15BrClNS/c12-11-10(13)7-9(15-11)3-1-2-6-14-8-4-5-8/h7-8,14H,1-6H2. The first-order valence-electron chi connectivity index (χ1n) is 5.43. The molecule has 1 fully saturated rings. The van der Waals surface area contributed by atoms with Crippen LogP contribution in [-0.2, 0) is 6.42 Å². The van der Waals surface area contributed by atoms with Crippen LogP contribution in [0, 0.1) is 0 Å². The maximum atomic E-state index is 5.97. The summed E-state index contributed by atoms with van der Waals surface area (Å²) in [5.41, 5.74) is 0. The molecule has 0 aliphatic heterocycles. The van der Waals surface area contributed by atoms with Crippen LogP contribution in [0.15, 0.2) is 9.85 Å². The van der Waals surface area contributed by atoms with Crippen LogP contribution in [0.1, 0.15) is 30.6 Å². The highest BCUT2D eigenvalue weighted by molar-refractivity contribution is 9.11. The average Bonchev–Trinajstić information content (AvgIpc) is 2.95. The molecule has 1 heterocycles. The highest BCUT2D eigenvalue weighted by Gasteiger charge is 2.19. The van der Waals surface area contributed by atoms with Gasteiger partial charge in [0, 0.05) is 10.9 Å². The molecule has 0 bridgehead atoms. The van der Waals surface area contributed by atoms with Crippen molar-refractivity contribution in [3.8, 4) is 0 Å². The molecule has 1 aromatic heterocycles. The number of rotatable bonds is 6. The number of thiophene rings is 1. The van der Waals surface area contributed by atoms with Crippen molar-refractivity contribution in [1.29, 1.82) is 0 Å². The second-order valence-electron chi connectivity index (χ2n) is 4.02. The fourth-order valence-electron chi connectivity index (χ4n) is 1.53. The lowest BCUT2D eigenvalue weighted by Gasteiger charge is -2.01. The van der Waals surface area contributed by atoms with E-state index in [1.807, 2.05) is 0 Å². The van der Waals surface area contributed by atoms with E-state index >= 15 is 0 Å². The van der Waals surface area contributed by atoms with Gasteiger partial charge in [0.25, 0.3) is 0 Å². The fraction of sp³-hybridized carbons (Fsp3) is 0.636. The van der Waals surface area contributed by atoms with Crippen LogP contribution in [0.2, 0.25) is 5.02 Å². The first-order chi connectivity index (χ1) is 7.25. The van der Waals surface area contributed by atoms with Gasteiger partial charge in [-0.2, -0.15) is 0 Å². The number of unbranched alkanes of at least 4 members (excludes halogenated alkanes) is 1. The molecule has 84 valence electrons. The molecular formula is C11H15BrClNS. The molecule has 0 amide bonds. The van der Waals surface area contributed by atoms with Gasteiger partial charge in [0.2, 0.25) is 0 Å². The van der Waals surface area contributed by atoms with Gasteiger partial charge in [0.1, 0.15) is 0 Å². The Morgan fingerprint density at radius 2 is 2.27 bits per heavy atom. The minimum Gasteiger partial charge on any atom is -0.314 e. The molecule has 0 unspecified atom stereocenters. The minimum absolute atomic E-state index is 0.843. The Labute approximate surface area is 108 Å². The highest BCUT2D eigenvalue weighted by Crippen LogP contribution is 2.32. The van der Waals surface area contributed by atoms with E-state index in [4.69, 9.17) is 11.6 Å².